The number of rotatable bonds is 4. The molecule has 0 radical (unpaired) electrons. The molecule has 0 saturated carbocycles. The maximum Gasteiger partial charge on any atom is 0.393 e. The highest BCUT2D eigenvalue weighted by Gasteiger charge is 2.48. The third-order valence-electron chi connectivity index (χ3n) is 4.88. The first kappa shape index (κ1) is 20.5. The van der Waals surface area contributed by atoms with Gasteiger partial charge in [0.1, 0.15) is 12.4 Å². The summed E-state index contributed by atoms with van der Waals surface area (Å²) in [5.41, 5.74) is 2.62. The maximum atomic E-state index is 13.2. The van der Waals surface area contributed by atoms with Crippen molar-refractivity contribution in [2.75, 3.05) is 19.0 Å². The fourth-order valence-electron chi connectivity index (χ4n) is 3.13. The molecule has 0 bridgehead atoms. The molecule has 1 fully saturated rings. The van der Waals surface area contributed by atoms with Crippen LogP contribution in [0.4, 0.5) is 13.2 Å². The lowest BCUT2D eigenvalue weighted by Gasteiger charge is -2.39. The largest absolute Gasteiger partial charge is 0.393 e. The number of carbonyl (C=O) groups is 2. The van der Waals surface area contributed by atoms with E-state index in [0.717, 1.165) is 17.0 Å². The molecular formula is C16H22ClF3N4O2. The second kappa shape index (κ2) is 7.85. The number of nitrogens with zero attached hydrogens (tertiary/aromatic N) is 3. The Morgan fingerprint density at radius 1 is 1.31 bits per heavy atom. The summed E-state index contributed by atoms with van der Waals surface area (Å²) in [5.74, 6) is -3.15. The van der Waals surface area contributed by atoms with Crippen molar-refractivity contribution in [1.29, 1.82) is 0 Å². The zero-order chi connectivity index (χ0) is 19.6. The first-order valence-corrected chi connectivity index (χ1v) is 8.78. The van der Waals surface area contributed by atoms with E-state index in [-0.39, 0.29) is 32.0 Å². The molecular weight excluding hydrogens is 373 g/mol. The molecule has 2 atom stereocenters. The van der Waals surface area contributed by atoms with Gasteiger partial charge < -0.3 is 10.2 Å². The molecule has 2 unspecified atom stereocenters. The van der Waals surface area contributed by atoms with Crippen molar-refractivity contribution >= 4 is 23.4 Å². The SMILES string of the molecule is Cc1nn(CC(=O)N2CCC(C(F)(F)F)C(NC(=O)CCl)C2)c(C)c1C. The van der Waals surface area contributed by atoms with Gasteiger partial charge in [-0.15, -0.1) is 11.6 Å². The Kier molecular flexibility index (Phi) is 6.21. The molecule has 26 heavy (non-hydrogen) atoms. The van der Waals surface area contributed by atoms with Crippen LogP contribution in [0.25, 0.3) is 0 Å². The highest BCUT2D eigenvalue weighted by atomic mass is 35.5. The lowest BCUT2D eigenvalue weighted by molar-refractivity contribution is -0.194. The smallest absolute Gasteiger partial charge is 0.350 e. The van der Waals surface area contributed by atoms with Crippen LogP contribution in [0.5, 0.6) is 0 Å². The van der Waals surface area contributed by atoms with E-state index in [1.807, 2.05) is 20.8 Å². The molecule has 1 aliphatic rings. The Morgan fingerprint density at radius 2 is 1.96 bits per heavy atom. The number of piperidine rings is 1. The number of hydrogen-bond donors (Lipinski definition) is 1. The average Bonchev–Trinajstić information content (AvgIpc) is 2.80. The van der Waals surface area contributed by atoms with Crippen LogP contribution in [0.1, 0.15) is 23.4 Å². The minimum Gasteiger partial charge on any atom is -0.350 e. The molecule has 1 saturated heterocycles. The molecule has 146 valence electrons. The third kappa shape index (κ3) is 4.49. The first-order valence-electron chi connectivity index (χ1n) is 8.25. The van der Waals surface area contributed by atoms with Crippen LogP contribution in [-0.2, 0) is 16.1 Å². The summed E-state index contributed by atoms with van der Waals surface area (Å²) in [5, 5.41) is 6.57. The number of carbonyl (C=O) groups excluding carboxylic acids is 2. The molecule has 1 aromatic heterocycles. The molecule has 1 aromatic rings. The maximum absolute atomic E-state index is 13.2. The van der Waals surface area contributed by atoms with Crippen LogP contribution in [0.15, 0.2) is 0 Å². The van der Waals surface area contributed by atoms with Crippen molar-refractivity contribution in [2.24, 2.45) is 5.92 Å². The molecule has 0 aliphatic carbocycles. The van der Waals surface area contributed by atoms with Crippen LogP contribution in [0.2, 0.25) is 0 Å². The number of halogens is 4. The Morgan fingerprint density at radius 3 is 2.46 bits per heavy atom. The van der Waals surface area contributed by atoms with Crippen LogP contribution >= 0.6 is 11.6 Å². The number of hydrogen-bond acceptors (Lipinski definition) is 3. The van der Waals surface area contributed by atoms with Crippen molar-refractivity contribution in [3.8, 4) is 0 Å². The summed E-state index contributed by atoms with van der Waals surface area (Å²) in [4.78, 5) is 25.4. The standard InChI is InChI=1S/C16H22ClF3N4O2/c1-9-10(2)22-24(11(9)3)8-15(26)23-5-4-12(16(18,19)20)13(7-23)21-14(25)6-17/h12-13H,4-8H2,1-3H3,(H,21,25). The minimum atomic E-state index is -4.45. The lowest BCUT2D eigenvalue weighted by atomic mass is 9.90. The summed E-state index contributed by atoms with van der Waals surface area (Å²) in [6, 6.07) is -1.21. The summed E-state index contributed by atoms with van der Waals surface area (Å²) < 4.78 is 41.2. The topological polar surface area (TPSA) is 67.2 Å². The van der Waals surface area contributed by atoms with Gasteiger partial charge in [0.15, 0.2) is 0 Å². The Hall–Kier alpha value is -1.77. The Labute approximate surface area is 154 Å². The monoisotopic (exact) mass is 394 g/mol. The van der Waals surface area contributed by atoms with Crippen LogP contribution < -0.4 is 5.32 Å². The van der Waals surface area contributed by atoms with E-state index in [1.54, 1.807) is 4.68 Å². The van der Waals surface area contributed by atoms with Crippen molar-refractivity contribution in [3.05, 3.63) is 17.0 Å². The van der Waals surface area contributed by atoms with Gasteiger partial charge in [-0.2, -0.15) is 18.3 Å². The molecule has 1 N–H and O–H groups in total. The number of alkyl halides is 4. The average molecular weight is 395 g/mol. The van der Waals surface area contributed by atoms with Gasteiger partial charge in [-0.05, 0) is 32.8 Å². The van der Waals surface area contributed by atoms with Gasteiger partial charge in [-0.25, -0.2) is 0 Å². The van der Waals surface area contributed by atoms with Gasteiger partial charge in [0, 0.05) is 18.8 Å². The van der Waals surface area contributed by atoms with Gasteiger partial charge in [0.05, 0.1) is 17.7 Å². The number of nitrogens with one attached hydrogen (secondary N) is 1. The molecule has 0 aromatic carbocycles. The van der Waals surface area contributed by atoms with E-state index >= 15 is 0 Å². The van der Waals surface area contributed by atoms with Crippen LogP contribution in [0.3, 0.4) is 0 Å². The van der Waals surface area contributed by atoms with E-state index in [9.17, 15) is 22.8 Å². The number of aryl methyl sites for hydroxylation is 1. The van der Waals surface area contributed by atoms with Crippen LogP contribution in [0, 0.1) is 26.7 Å². The molecule has 1 aliphatic heterocycles. The Bertz CT molecular complexity index is 690. The lowest BCUT2D eigenvalue weighted by Crippen LogP contribution is -2.58. The molecule has 2 rings (SSSR count). The number of likely N-dealkylation sites (tertiary alicyclic amines) is 1. The van der Waals surface area contributed by atoms with Crippen LogP contribution in [-0.4, -0.2) is 57.7 Å². The molecule has 2 heterocycles. The molecule has 0 spiro atoms. The predicted octanol–water partition coefficient (Wildman–Crippen LogP) is 1.94. The molecule has 6 nitrogen and oxygen atoms in total. The summed E-state index contributed by atoms with van der Waals surface area (Å²) in [6.07, 6.45) is -4.72. The second-order valence-corrected chi connectivity index (χ2v) is 6.80. The van der Waals surface area contributed by atoms with Crippen molar-refractivity contribution in [3.63, 3.8) is 0 Å². The highest BCUT2D eigenvalue weighted by Crippen LogP contribution is 2.34. The van der Waals surface area contributed by atoms with Crippen molar-refractivity contribution in [1.82, 2.24) is 20.0 Å². The van der Waals surface area contributed by atoms with E-state index in [4.69, 9.17) is 11.6 Å². The zero-order valence-electron chi connectivity index (χ0n) is 14.9. The second-order valence-electron chi connectivity index (χ2n) is 6.54. The van der Waals surface area contributed by atoms with Gasteiger partial charge >= 0.3 is 6.18 Å². The molecule has 2 amide bonds. The third-order valence-corrected chi connectivity index (χ3v) is 5.12. The van der Waals surface area contributed by atoms with E-state index < -0.39 is 29.9 Å². The van der Waals surface area contributed by atoms with Gasteiger partial charge in [0.25, 0.3) is 0 Å². The van der Waals surface area contributed by atoms with Crippen molar-refractivity contribution in [2.45, 2.75) is 46.0 Å². The van der Waals surface area contributed by atoms with Gasteiger partial charge in [-0.3, -0.25) is 14.3 Å². The summed E-state index contributed by atoms with van der Waals surface area (Å²) in [6.45, 7) is 5.29. The fraction of sp³-hybridized carbons (Fsp3) is 0.688. The molecule has 10 heteroatoms. The van der Waals surface area contributed by atoms with Gasteiger partial charge in [-0.1, -0.05) is 0 Å². The zero-order valence-corrected chi connectivity index (χ0v) is 15.6. The summed E-state index contributed by atoms with van der Waals surface area (Å²) in [7, 11) is 0. The number of aromatic nitrogens is 2. The minimum absolute atomic E-state index is 0.0193. The van der Waals surface area contributed by atoms with Crippen molar-refractivity contribution < 1.29 is 22.8 Å². The predicted molar refractivity (Wildman–Crippen MR) is 89.8 cm³/mol. The van der Waals surface area contributed by atoms with E-state index in [1.165, 1.54) is 4.90 Å². The van der Waals surface area contributed by atoms with E-state index in [2.05, 4.69) is 10.4 Å². The highest BCUT2D eigenvalue weighted by molar-refractivity contribution is 6.27. The normalized spacial score (nSPS) is 21.0. The quantitative estimate of drug-likeness (QED) is 0.794. The van der Waals surface area contributed by atoms with E-state index in [0.29, 0.717) is 0 Å². The summed E-state index contributed by atoms with van der Waals surface area (Å²) >= 11 is 5.39. The Balaban J connectivity index is 2.11. The van der Waals surface area contributed by atoms with Gasteiger partial charge in [0.2, 0.25) is 11.8 Å². The fourth-order valence-corrected chi connectivity index (χ4v) is 3.21. The number of amides is 2. The first-order chi connectivity index (χ1) is 12.0.